The molecule has 0 aliphatic rings. The second kappa shape index (κ2) is 5.54. The van der Waals surface area contributed by atoms with Crippen molar-refractivity contribution >= 4 is 0 Å². The average molecular weight is 150 g/mol. The Bertz CT molecular complexity index is 197. The van der Waals surface area contributed by atoms with Gasteiger partial charge < -0.3 is 5.11 Å². The Hall–Kier alpha value is -1.24. The van der Waals surface area contributed by atoms with Gasteiger partial charge in [0.05, 0.1) is 0 Å². The molecular weight excluding hydrogens is 136 g/mol. The van der Waals surface area contributed by atoms with E-state index in [9.17, 15) is 5.11 Å². The van der Waals surface area contributed by atoms with E-state index in [2.05, 4.69) is 13.2 Å². The molecule has 0 fully saturated rings. The summed E-state index contributed by atoms with van der Waals surface area (Å²) in [5, 5.41) is 9.29. The van der Waals surface area contributed by atoms with E-state index >= 15 is 0 Å². The third-order valence-corrected chi connectivity index (χ3v) is 1.22. The summed E-state index contributed by atoms with van der Waals surface area (Å²) in [6.07, 6.45) is 7.50. The lowest BCUT2D eigenvalue weighted by molar-refractivity contribution is 0.426. The molecule has 0 saturated heterocycles. The number of aliphatic hydroxyl groups is 1. The molecule has 0 aliphatic heterocycles. The number of aliphatic hydroxyl groups excluding tert-OH is 1. The van der Waals surface area contributed by atoms with Gasteiger partial charge in [0.1, 0.15) is 5.76 Å². The zero-order valence-electron chi connectivity index (χ0n) is 6.88. The molecule has 0 heterocycles. The number of hydrogen-bond donors (Lipinski definition) is 1. The van der Waals surface area contributed by atoms with E-state index in [-0.39, 0.29) is 5.76 Å². The van der Waals surface area contributed by atoms with Gasteiger partial charge in [0.2, 0.25) is 0 Å². The zero-order valence-corrected chi connectivity index (χ0v) is 6.88. The minimum absolute atomic E-state index is 0.219. The fourth-order valence-electron chi connectivity index (χ4n) is 0.720. The summed E-state index contributed by atoms with van der Waals surface area (Å²) in [6.45, 7) is 9.06. The van der Waals surface area contributed by atoms with E-state index in [0.717, 1.165) is 12.0 Å². The largest absolute Gasteiger partial charge is 0.507 e. The van der Waals surface area contributed by atoms with Crippen LogP contribution in [0.15, 0.2) is 48.8 Å². The van der Waals surface area contributed by atoms with E-state index in [1.54, 1.807) is 18.2 Å². The fourth-order valence-corrected chi connectivity index (χ4v) is 0.720. The third-order valence-electron chi connectivity index (χ3n) is 1.22. The normalized spacial score (nSPS) is 12.8. The molecule has 0 amide bonds. The molecule has 60 valence electrons. The lowest BCUT2D eigenvalue weighted by atomic mass is 10.2. The quantitative estimate of drug-likeness (QED) is 0.482. The molecule has 0 aromatic heterocycles. The third kappa shape index (κ3) is 3.46. The molecule has 1 N–H and O–H groups in total. The highest BCUT2D eigenvalue weighted by Crippen LogP contribution is 2.08. The van der Waals surface area contributed by atoms with Gasteiger partial charge in [0.25, 0.3) is 0 Å². The number of rotatable bonds is 4. The van der Waals surface area contributed by atoms with E-state index in [1.807, 2.05) is 13.0 Å². The maximum Gasteiger partial charge on any atom is 0.122 e. The molecule has 11 heavy (non-hydrogen) atoms. The molecule has 0 aromatic rings. The van der Waals surface area contributed by atoms with Gasteiger partial charge in [-0.05, 0) is 12.5 Å². The van der Waals surface area contributed by atoms with Crippen LogP contribution in [-0.2, 0) is 0 Å². The number of hydrogen-bond acceptors (Lipinski definition) is 1. The van der Waals surface area contributed by atoms with Gasteiger partial charge in [-0.1, -0.05) is 38.3 Å². The van der Waals surface area contributed by atoms with Crippen LogP contribution in [0.25, 0.3) is 0 Å². The van der Waals surface area contributed by atoms with Gasteiger partial charge in [-0.15, -0.1) is 0 Å². The Morgan fingerprint density at radius 1 is 1.45 bits per heavy atom. The molecule has 0 saturated carbocycles. The highest BCUT2D eigenvalue weighted by Gasteiger charge is 1.93. The minimum atomic E-state index is 0.219. The summed E-state index contributed by atoms with van der Waals surface area (Å²) in [6, 6.07) is 0. The van der Waals surface area contributed by atoms with Crippen LogP contribution in [0.4, 0.5) is 0 Å². The monoisotopic (exact) mass is 150 g/mol. The molecule has 0 rings (SSSR count). The lowest BCUT2D eigenvalue weighted by Crippen LogP contribution is -1.83. The fraction of sp³-hybridized carbons (Fsp3) is 0.200. The van der Waals surface area contributed by atoms with Crippen LogP contribution < -0.4 is 0 Å². The van der Waals surface area contributed by atoms with Crippen LogP contribution in [-0.4, -0.2) is 5.11 Å². The predicted molar refractivity (Wildman–Crippen MR) is 49.5 cm³/mol. The maximum atomic E-state index is 9.29. The molecule has 0 atom stereocenters. The lowest BCUT2D eigenvalue weighted by Gasteiger charge is -1.97. The van der Waals surface area contributed by atoms with Crippen LogP contribution >= 0.6 is 0 Å². The highest BCUT2D eigenvalue weighted by atomic mass is 16.3. The molecule has 0 unspecified atom stereocenters. The molecule has 0 aliphatic carbocycles. The standard InChI is InChI=1S/C10H14O/c1-4-7-9(6-3)10(11)8-5-2/h5-8,11H,2-4H2,1H3/b9-7-,10-8+. The highest BCUT2D eigenvalue weighted by molar-refractivity contribution is 5.35. The van der Waals surface area contributed by atoms with Crippen LogP contribution in [0.5, 0.6) is 0 Å². The van der Waals surface area contributed by atoms with Crippen molar-refractivity contribution in [1.29, 1.82) is 0 Å². The van der Waals surface area contributed by atoms with E-state index in [1.165, 1.54) is 0 Å². The van der Waals surface area contributed by atoms with Gasteiger partial charge in [-0.3, -0.25) is 0 Å². The summed E-state index contributed by atoms with van der Waals surface area (Å²) in [5.41, 5.74) is 0.757. The molecule has 0 aromatic carbocycles. The van der Waals surface area contributed by atoms with Crippen molar-refractivity contribution in [3.63, 3.8) is 0 Å². The predicted octanol–water partition coefficient (Wildman–Crippen LogP) is 3.14. The van der Waals surface area contributed by atoms with E-state index in [4.69, 9.17) is 0 Å². The zero-order chi connectivity index (χ0) is 8.69. The first kappa shape index (κ1) is 9.76. The Morgan fingerprint density at radius 3 is 2.45 bits per heavy atom. The van der Waals surface area contributed by atoms with Crippen molar-refractivity contribution in [2.45, 2.75) is 13.3 Å². The second-order valence-electron chi connectivity index (χ2n) is 2.06. The summed E-state index contributed by atoms with van der Waals surface area (Å²) in [5.74, 6) is 0.219. The van der Waals surface area contributed by atoms with Crippen molar-refractivity contribution in [3.05, 3.63) is 48.8 Å². The Labute approximate surface area is 68.1 Å². The van der Waals surface area contributed by atoms with Gasteiger partial charge in [-0.25, -0.2) is 0 Å². The minimum Gasteiger partial charge on any atom is -0.507 e. The van der Waals surface area contributed by atoms with Crippen molar-refractivity contribution < 1.29 is 5.11 Å². The molecule has 0 bridgehead atoms. The summed E-state index contributed by atoms with van der Waals surface area (Å²) in [4.78, 5) is 0. The molecule has 0 radical (unpaired) electrons. The second-order valence-corrected chi connectivity index (χ2v) is 2.06. The van der Waals surface area contributed by atoms with Crippen molar-refractivity contribution in [2.24, 2.45) is 0 Å². The Morgan fingerprint density at radius 2 is 2.09 bits per heavy atom. The molecule has 0 spiro atoms. The van der Waals surface area contributed by atoms with Crippen LogP contribution in [0, 0.1) is 0 Å². The van der Waals surface area contributed by atoms with Crippen molar-refractivity contribution in [3.8, 4) is 0 Å². The Balaban J connectivity index is 4.50. The summed E-state index contributed by atoms with van der Waals surface area (Å²) in [7, 11) is 0. The molecule has 1 nitrogen and oxygen atoms in total. The first-order valence-electron chi connectivity index (χ1n) is 3.60. The topological polar surface area (TPSA) is 20.2 Å². The SMILES string of the molecule is C=C/C=C(O)\C(C=C)=C/CC. The molecule has 1 heteroatoms. The van der Waals surface area contributed by atoms with Gasteiger partial charge >= 0.3 is 0 Å². The smallest absolute Gasteiger partial charge is 0.122 e. The van der Waals surface area contributed by atoms with Crippen LogP contribution in [0.2, 0.25) is 0 Å². The maximum absolute atomic E-state index is 9.29. The van der Waals surface area contributed by atoms with Crippen molar-refractivity contribution in [2.75, 3.05) is 0 Å². The first-order chi connectivity index (χ1) is 5.26. The van der Waals surface area contributed by atoms with Gasteiger partial charge in [0.15, 0.2) is 0 Å². The van der Waals surface area contributed by atoms with Crippen molar-refractivity contribution in [1.82, 2.24) is 0 Å². The number of allylic oxidation sites excluding steroid dienone is 4. The van der Waals surface area contributed by atoms with E-state index in [0.29, 0.717) is 0 Å². The summed E-state index contributed by atoms with van der Waals surface area (Å²) < 4.78 is 0. The summed E-state index contributed by atoms with van der Waals surface area (Å²) >= 11 is 0. The first-order valence-corrected chi connectivity index (χ1v) is 3.60. The molecular formula is C10H14O. The van der Waals surface area contributed by atoms with E-state index < -0.39 is 0 Å². The van der Waals surface area contributed by atoms with Gasteiger partial charge in [-0.2, -0.15) is 0 Å². The van der Waals surface area contributed by atoms with Crippen LogP contribution in [0.1, 0.15) is 13.3 Å². The average Bonchev–Trinajstić information content (AvgIpc) is 2.00. The van der Waals surface area contributed by atoms with Crippen LogP contribution in [0.3, 0.4) is 0 Å². The Kier molecular flexibility index (Phi) is 4.91. The van der Waals surface area contributed by atoms with Gasteiger partial charge in [0, 0.05) is 5.57 Å².